The standard InChI is InChI=1S/C21H22ClFN4O4S3/c1-13-3-4-15(33-13)10-26-6-5-14(9-26)25(2)18-8-17(23)19(7-16(18)22)34(30,31)27(21(28)29)20-11-32-12-24-20/h3-4,7-8,11-12,14H,5-6,9-10H2,1-2H3,(H,28,29)/p-1/t14-/m0/s1. The number of likely N-dealkylation sites (N-methyl/N-ethyl adjacent to an activating group) is 1. The number of aromatic nitrogens is 1. The second kappa shape index (κ2) is 9.78. The van der Waals surface area contributed by atoms with Crippen molar-refractivity contribution in [3.63, 3.8) is 0 Å². The molecule has 1 fully saturated rings. The van der Waals surface area contributed by atoms with E-state index in [1.165, 1.54) is 20.6 Å². The van der Waals surface area contributed by atoms with E-state index >= 15 is 4.39 Å². The summed E-state index contributed by atoms with van der Waals surface area (Å²) in [5, 5.41) is 12.8. The smallest absolute Gasteiger partial charge is 0.273 e. The van der Waals surface area contributed by atoms with E-state index in [1.54, 1.807) is 18.4 Å². The van der Waals surface area contributed by atoms with Crippen LogP contribution in [0.5, 0.6) is 0 Å². The summed E-state index contributed by atoms with van der Waals surface area (Å²) in [7, 11) is -3.07. The van der Waals surface area contributed by atoms with E-state index in [0.29, 0.717) is 5.69 Å². The highest BCUT2D eigenvalue weighted by Gasteiger charge is 2.33. The fourth-order valence-electron chi connectivity index (χ4n) is 3.96. The minimum absolute atomic E-state index is 0.00798. The largest absolute Gasteiger partial charge is 0.529 e. The van der Waals surface area contributed by atoms with Crippen molar-refractivity contribution >= 4 is 61.9 Å². The molecule has 13 heteroatoms. The third-order valence-electron chi connectivity index (χ3n) is 5.66. The Hall–Kier alpha value is -2.25. The Morgan fingerprint density at radius 3 is 2.76 bits per heavy atom. The van der Waals surface area contributed by atoms with E-state index < -0.39 is 32.6 Å². The third-order valence-corrected chi connectivity index (χ3v) is 9.21. The Labute approximate surface area is 209 Å². The van der Waals surface area contributed by atoms with Gasteiger partial charge in [-0.3, -0.25) is 4.90 Å². The molecule has 0 unspecified atom stereocenters. The topological polar surface area (TPSA) is 96.9 Å². The summed E-state index contributed by atoms with van der Waals surface area (Å²) in [5.74, 6) is -1.51. The lowest BCUT2D eigenvalue weighted by Crippen LogP contribution is -2.45. The van der Waals surface area contributed by atoms with Gasteiger partial charge in [0.25, 0.3) is 10.0 Å². The predicted octanol–water partition coefficient (Wildman–Crippen LogP) is 3.55. The Morgan fingerprint density at radius 1 is 1.38 bits per heavy atom. The van der Waals surface area contributed by atoms with Crippen LogP contribution in [0.1, 0.15) is 16.2 Å². The van der Waals surface area contributed by atoms with Crippen LogP contribution in [-0.4, -0.2) is 50.6 Å². The number of carbonyl (C=O) groups excluding carboxylic acids is 1. The second-order valence-electron chi connectivity index (χ2n) is 7.92. The van der Waals surface area contributed by atoms with Gasteiger partial charge < -0.3 is 14.8 Å². The molecular weight excluding hydrogens is 523 g/mol. The van der Waals surface area contributed by atoms with Gasteiger partial charge in [0.2, 0.25) is 0 Å². The van der Waals surface area contributed by atoms with Gasteiger partial charge in [0.1, 0.15) is 10.7 Å². The molecular formula is C21H21ClFN4O4S3-. The van der Waals surface area contributed by atoms with Crippen molar-refractivity contribution in [3.05, 3.63) is 55.8 Å². The lowest BCUT2D eigenvalue weighted by Gasteiger charge is -2.29. The SMILES string of the molecule is Cc1ccc(CN2CC[C@H](N(C)c3cc(F)c(S(=O)(=O)N(C(=O)[O-])c4cscn4)cc3Cl)C2)s1. The Morgan fingerprint density at radius 2 is 2.15 bits per heavy atom. The molecule has 0 spiro atoms. The number of amides is 1. The number of likely N-dealkylation sites (tertiary alicyclic amines) is 1. The Bertz CT molecular complexity index is 1300. The van der Waals surface area contributed by atoms with E-state index in [-0.39, 0.29) is 15.4 Å². The van der Waals surface area contributed by atoms with Crippen LogP contribution < -0.4 is 14.3 Å². The Kier molecular flexibility index (Phi) is 7.15. The molecule has 0 bridgehead atoms. The lowest BCUT2D eigenvalue weighted by molar-refractivity contribution is -0.244. The number of hydrogen-bond acceptors (Lipinski definition) is 9. The summed E-state index contributed by atoms with van der Waals surface area (Å²) >= 11 is 9.12. The molecule has 3 aromatic rings. The number of nitrogens with zero attached hydrogens (tertiary/aromatic N) is 4. The molecule has 3 heterocycles. The number of thiazole rings is 1. The fraction of sp³-hybridized carbons (Fsp3) is 0.333. The first-order valence-corrected chi connectivity index (χ1v) is 13.8. The van der Waals surface area contributed by atoms with Gasteiger partial charge in [-0.15, -0.1) is 22.7 Å². The average molecular weight is 544 g/mol. The van der Waals surface area contributed by atoms with E-state index in [1.807, 2.05) is 4.90 Å². The molecule has 1 aliphatic heterocycles. The number of halogens is 2. The predicted molar refractivity (Wildman–Crippen MR) is 130 cm³/mol. The monoisotopic (exact) mass is 543 g/mol. The third kappa shape index (κ3) is 4.91. The maximum atomic E-state index is 15.1. The van der Waals surface area contributed by atoms with Crippen molar-refractivity contribution in [2.75, 3.05) is 29.3 Å². The molecule has 1 amide bonds. The van der Waals surface area contributed by atoms with Crippen molar-refractivity contribution < 1.29 is 22.7 Å². The summed E-state index contributed by atoms with van der Waals surface area (Å²) in [6, 6.07) is 6.21. The molecule has 1 aliphatic rings. The number of sulfonamides is 1. The van der Waals surface area contributed by atoms with Gasteiger partial charge in [-0.25, -0.2) is 22.1 Å². The highest BCUT2D eigenvalue weighted by Crippen LogP contribution is 2.35. The second-order valence-corrected chi connectivity index (χ2v) is 12.2. The van der Waals surface area contributed by atoms with Crippen LogP contribution in [0.2, 0.25) is 5.02 Å². The van der Waals surface area contributed by atoms with E-state index in [4.69, 9.17) is 11.6 Å². The quantitative estimate of drug-likeness (QED) is 0.449. The normalized spacial score (nSPS) is 16.6. The number of benzene rings is 1. The van der Waals surface area contributed by atoms with Crippen molar-refractivity contribution in [1.82, 2.24) is 9.88 Å². The molecule has 34 heavy (non-hydrogen) atoms. The summed E-state index contributed by atoms with van der Waals surface area (Å²) in [6.45, 7) is 4.51. The van der Waals surface area contributed by atoms with Gasteiger partial charge in [0.05, 0.1) is 16.2 Å². The van der Waals surface area contributed by atoms with Crippen LogP contribution in [-0.2, 0) is 16.6 Å². The van der Waals surface area contributed by atoms with Gasteiger partial charge in [-0.05, 0) is 31.5 Å². The summed E-state index contributed by atoms with van der Waals surface area (Å²) in [5.41, 5.74) is 1.58. The molecule has 0 radical (unpaired) electrons. The summed E-state index contributed by atoms with van der Waals surface area (Å²) in [6.07, 6.45) is -1.21. The van der Waals surface area contributed by atoms with E-state index in [0.717, 1.165) is 49.5 Å². The maximum Gasteiger partial charge on any atom is 0.273 e. The minimum atomic E-state index is -4.85. The molecule has 1 saturated heterocycles. The van der Waals surface area contributed by atoms with Gasteiger partial charge in [0, 0.05) is 53.9 Å². The molecule has 4 rings (SSSR count). The molecule has 8 nitrogen and oxygen atoms in total. The number of aryl methyl sites for hydroxylation is 1. The number of hydrogen-bond donors (Lipinski definition) is 0. The zero-order valence-corrected chi connectivity index (χ0v) is 21.5. The molecule has 0 saturated carbocycles. The van der Waals surface area contributed by atoms with Crippen LogP contribution in [0.25, 0.3) is 0 Å². The van der Waals surface area contributed by atoms with Gasteiger partial charge >= 0.3 is 0 Å². The average Bonchev–Trinajstić information content (AvgIpc) is 3.52. The molecule has 2 aromatic heterocycles. The highest BCUT2D eigenvalue weighted by atomic mass is 35.5. The van der Waals surface area contributed by atoms with E-state index in [2.05, 4.69) is 28.9 Å². The fourth-order valence-corrected chi connectivity index (χ4v) is 7.15. The van der Waals surface area contributed by atoms with Crippen LogP contribution in [0.4, 0.5) is 20.7 Å². The number of anilines is 2. The number of rotatable bonds is 7. The zero-order chi connectivity index (χ0) is 24.6. The molecule has 1 aromatic carbocycles. The van der Waals surface area contributed by atoms with Crippen LogP contribution in [0.15, 0.2) is 40.1 Å². The van der Waals surface area contributed by atoms with Gasteiger partial charge in [-0.1, -0.05) is 11.6 Å². The Balaban J connectivity index is 1.56. The minimum Gasteiger partial charge on any atom is -0.529 e. The van der Waals surface area contributed by atoms with Crippen molar-refractivity contribution in [1.29, 1.82) is 0 Å². The van der Waals surface area contributed by atoms with Crippen LogP contribution in [0.3, 0.4) is 0 Å². The van der Waals surface area contributed by atoms with Gasteiger partial charge in [-0.2, -0.15) is 0 Å². The zero-order valence-electron chi connectivity index (χ0n) is 18.3. The number of carboxylic acid groups (broad SMARTS) is 1. The summed E-state index contributed by atoms with van der Waals surface area (Å²) in [4.78, 5) is 21.1. The molecule has 0 aliphatic carbocycles. The first kappa shape index (κ1) is 24.9. The van der Waals surface area contributed by atoms with Gasteiger partial charge in [0.15, 0.2) is 11.9 Å². The first-order chi connectivity index (χ1) is 16.1. The van der Waals surface area contributed by atoms with Crippen molar-refractivity contribution in [2.24, 2.45) is 0 Å². The first-order valence-electron chi connectivity index (χ1n) is 10.2. The van der Waals surface area contributed by atoms with E-state index in [9.17, 15) is 18.3 Å². The maximum absolute atomic E-state index is 15.1. The lowest BCUT2D eigenvalue weighted by atomic mass is 10.2. The summed E-state index contributed by atoms with van der Waals surface area (Å²) < 4.78 is 40.9. The molecule has 1 atom stereocenters. The molecule has 0 N–H and O–H groups in total. The van der Waals surface area contributed by atoms with Crippen LogP contribution >= 0.6 is 34.3 Å². The van der Waals surface area contributed by atoms with Crippen molar-refractivity contribution in [2.45, 2.75) is 30.8 Å². The number of carbonyl (C=O) groups is 1. The van der Waals surface area contributed by atoms with Crippen LogP contribution in [0, 0.1) is 12.7 Å². The molecule has 182 valence electrons. The highest BCUT2D eigenvalue weighted by molar-refractivity contribution is 7.93. The number of thiophene rings is 1. The van der Waals surface area contributed by atoms with Crippen molar-refractivity contribution in [3.8, 4) is 0 Å².